The molecule has 0 radical (unpaired) electrons. The summed E-state index contributed by atoms with van der Waals surface area (Å²) in [5.41, 5.74) is 12.0. The number of morpholine rings is 1. The minimum atomic E-state index is -0.128. The summed E-state index contributed by atoms with van der Waals surface area (Å²) in [6.07, 6.45) is 6.99. The number of ether oxygens (including phenoxy) is 1. The Morgan fingerprint density at radius 3 is 2.34 bits per heavy atom. The second-order valence-electron chi connectivity index (χ2n) is 11.2. The molecule has 3 saturated heterocycles. The van der Waals surface area contributed by atoms with Gasteiger partial charge in [-0.2, -0.15) is 9.61 Å². The highest BCUT2D eigenvalue weighted by Gasteiger charge is 2.46. The van der Waals surface area contributed by atoms with E-state index in [4.69, 9.17) is 15.5 Å². The number of benzene rings is 1. The Labute approximate surface area is 238 Å². The molecule has 3 fully saturated rings. The zero-order valence-electron chi connectivity index (χ0n) is 23.1. The van der Waals surface area contributed by atoms with E-state index >= 15 is 0 Å². The van der Waals surface area contributed by atoms with Crippen molar-refractivity contribution in [3.8, 4) is 22.4 Å². The SMILES string of the molecule is CC(=O)c1c([C@H]2C[C@H]3CC[C@@H](C2)N3C(=O)N2CCOCC2)nc2c(-c3ccc(-c4ccccc4)nc3)cnn2c1N. The van der Waals surface area contributed by atoms with Crippen LogP contribution < -0.4 is 5.73 Å². The molecule has 3 aromatic heterocycles. The Morgan fingerprint density at radius 2 is 1.68 bits per heavy atom. The fraction of sp³-hybridized carbons (Fsp3) is 0.387. The zero-order valence-corrected chi connectivity index (χ0v) is 23.1. The predicted octanol–water partition coefficient (Wildman–Crippen LogP) is 4.41. The maximum Gasteiger partial charge on any atom is 0.320 e. The number of urea groups is 1. The molecule has 2 N–H and O–H groups in total. The maximum atomic E-state index is 13.4. The molecule has 10 nitrogen and oxygen atoms in total. The molecule has 0 saturated carbocycles. The van der Waals surface area contributed by atoms with E-state index in [0.29, 0.717) is 49.0 Å². The zero-order chi connectivity index (χ0) is 28.1. The Balaban J connectivity index is 1.23. The lowest BCUT2D eigenvalue weighted by Gasteiger charge is -2.42. The van der Waals surface area contributed by atoms with Crippen LogP contribution in [-0.4, -0.2) is 79.6 Å². The van der Waals surface area contributed by atoms with Gasteiger partial charge in [0.1, 0.15) is 5.82 Å². The molecule has 3 atom stereocenters. The predicted molar refractivity (Wildman–Crippen MR) is 154 cm³/mol. The monoisotopic (exact) mass is 551 g/mol. The van der Waals surface area contributed by atoms with Gasteiger partial charge >= 0.3 is 6.03 Å². The van der Waals surface area contributed by atoms with Crippen molar-refractivity contribution in [2.45, 2.75) is 50.6 Å². The third-order valence-corrected chi connectivity index (χ3v) is 8.83. The number of Topliss-reactive ketones (excluding diaryl/α,β-unsaturated/α-hetero) is 1. The fourth-order valence-electron chi connectivity index (χ4n) is 6.86. The number of rotatable bonds is 4. The maximum absolute atomic E-state index is 13.4. The second kappa shape index (κ2) is 10.3. The molecule has 10 heteroatoms. The number of ketones is 1. The number of nitrogens with zero attached hydrogens (tertiary/aromatic N) is 6. The van der Waals surface area contributed by atoms with E-state index in [1.165, 1.54) is 6.92 Å². The standard InChI is InChI=1S/C31H33N7O3/c1-19(39)27-28(22-15-23-8-9-24(16-22)37(23)31(40)36-11-13-41-14-12-36)35-30-25(18-34-38(30)29(27)32)21-7-10-26(33-17-21)20-5-3-2-4-6-20/h2-7,10,17-18,22-24H,8-9,11-16,32H2,1H3/t22-,23+,24-. The van der Waals surface area contributed by atoms with Crippen LogP contribution in [-0.2, 0) is 4.74 Å². The molecule has 7 rings (SSSR count). The molecular formula is C31H33N7O3. The molecule has 2 bridgehead atoms. The quantitative estimate of drug-likeness (QED) is 0.373. The van der Waals surface area contributed by atoms with Gasteiger partial charge in [-0.15, -0.1) is 0 Å². The third kappa shape index (κ3) is 4.42. The van der Waals surface area contributed by atoms with Crippen molar-refractivity contribution < 1.29 is 14.3 Å². The molecule has 6 heterocycles. The van der Waals surface area contributed by atoms with E-state index in [-0.39, 0.29) is 29.8 Å². The van der Waals surface area contributed by atoms with Crippen molar-refractivity contribution >= 4 is 23.3 Å². The lowest BCUT2D eigenvalue weighted by Crippen LogP contribution is -2.54. The summed E-state index contributed by atoms with van der Waals surface area (Å²) < 4.78 is 7.01. The van der Waals surface area contributed by atoms with Gasteiger partial charge in [-0.25, -0.2) is 9.78 Å². The number of carbonyl (C=O) groups is 2. The molecule has 41 heavy (non-hydrogen) atoms. The fourth-order valence-corrected chi connectivity index (χ4v) is 6.86. The first-order chi connectivity index (χ1) is 20.0. The van der Waals surface area contributed by atoms with Crippen LogP contribution in [0.1, 0.15) is 54.6 Å². The minimum Gasteiger partial charge on any atom is -0.383 e. The Hall–Kier alpha value is -4.31. The van der Waals surface area contributed by atoms with Gasteiger partial charge in [-0.1, -0.05) is 36.4 Å². The molecule has 210 valence electrons. The molecule has 3 aliphatic rings. The Bertz CT molecular complexity index is 1600. The van der Waals surface area contributed by atoms with Crippen molar-refractivity contribution in [3.63, 3.8) is 0 Å². The molecule has 1 aromatic carbocycles. The van der Waals surface area contributed by atoms with Crippen LogP contribution in [0.15, 0.2) is 54.9 Å². The number of hydrogen-bond acceptors (Lipinski definition) is 7. The Morgan fingerprint density at radius 1 is 0.951 bits per heavy atom. The van der Waals surface area contributed by atoms with E-state index in [2.05, 4.69) is 15.0 Å². The van der Waals surface area contributed by atoms with Crippen LogP contribution in [0.5, 0.6) is 0 Å². The van der Waals surface area contributed by atoms with Gasteiger partial charge in [0.15, 0.2) is 11.4 Å². The van der Waals surface area contributed by atoms with Crippen LogP contribution in [0.25, 0.3) is 28.0 Å². The number of nitrogen functional groups attached to an aromatic ring is 1. The smallest absolute Gasteiger partial charge is 0.320 e. The number of aromatic nitrogens is 4. The molecule has 3 aliphatic heterocycles. The summed E-state index contributed by atoms with van der Waals surface area (Å²) in [4.78, 5) is 40.1. The van der Waals surface area contributed by atoms with Crippen LogP contribution in [0, 0.1) is 0 Å². The number of amides is 2. The summed E-state index contributed by atoms with van der Waals surface area (Å²) in [5, 5.41) is 4.51. The number of fused-ring (bicyclic) bond motifs is 3. The highest BCUT2D eigenvalue weighted by atomic mass is 16.5. The van der Waals surface area contributed by atoms with Gasteiger partial charge in [0.25, 0.3) is 0 Å². The van der Waals surface area contributed by atoms with Gasteiger partial charge < -0.3 is 20.3 Å². The van der Waals surface area contributed by atoms with Crippen molar-refractivity contribution in [2.24, 2.45) is 0 Å². The van der Waals surface area contributed by atoms with Gasteiger partial charge in [-0.3, -0.25) is 9.78 Å². The number of carbonyl (C=O) groups excluding carboxylic acids is 2. The van der Waals surface area contributed by atoms with Gasteiger partial charge in [-0.05, 0) is 38.7 Å². The summed E-state index contributed by atoms with van der Waals surface area (Å²) in [7, 11) is 0. The Kier molecular flexibility index (Phi) is 6.42. The lowest BCUT2D eigenvalue weighted by atomic mass is 9.85. The van der Waals surface area contributed by atoms with Crippen LogP contribution in [0.4, 0.5) is 10.6 Å². The first-order valence-corrected chi connectivity index (χ1v) is 14.3. The van der Waals surface area contributed by atoms with Crippen molar-refractivity contribution in [2.75, 3.05) is 32.0 Å². The first-order valence-electron chi connectivity index (χ1n) is 14.3. The first kappa shape index (κ1) is 25.6. The van der Waals surface area contributed by atoms with E-state index in [1.54, 1.807) is 10.7 Å². The lowest BCUT2D eigenvalue weighted by molar-refractivity contribution is 0.0330. The highest BCUT2D eigenvalue weighted by molar-refractivity contribution is 6.00. The summed E-state index contributed by atoms with van der Waals surface area (Å²) in [6, 6.07) is 14.4. The van der Waals surface area contributed by atoms with Crippen LogP contribution >= 0.6 is 0 Å². The highest BCUT2D eigenvalue weighted by Crippen LogP contribution is 2.45. The normalized spacial score (nSPS) is 22.3. The molecule has 0 unspecified atom stereocenters. The third-order valence-electron chi connectivity index (χ3n) is 8.83. The van der Waals surface area contributed by atoms with Gasteiger partial charge in [0, 0.05) is 54.0 Å². The topological polar surface area (TPSA) is 119 Å². The van der Waals surface area contributed by atoms with Crippen LogP contribution in [0.3, 0.4) is 0 Å². The number of anilines is 1. The number of piperidine rings is 1. The number of hydrogen-bond donors (Lipinski definition) is 1. The van der Waals surface area contributed by atoms with Gasteiger partial charge in [0.05, 0.1) is 36.4 Å². The van der Waals surface area contributed by atoms with Crippen molar-refractivity contribution in [1.29, 1.82) is 0 Å². The van der Waals surface area contributed by atoms with Crippen molar-refractivity contribution in [3.05, 3.63) is 66.1 Å². The average Bonchev–Trinajstić information content (AvgIpc) is 3.55. The van der Waals surface area contributed by atoms with Crippen molar-refractivity contribution in [1.82, 2.24) is 29.4 Å². The summed E-state index contributed by atoms with van der Waals surface area (Å²) in [5.74, 6) is 0.197. The average molecular weight is 552 g/mol. The van der Waals surface area contributed by atoms with E-state index in [0.717, 1.165) is 48.1 Å². The molecule has 0 spiro atoms. The second-order valence-corrected chi connectivity index (χ2v) is 11.2. The number of nitrogens with two attached hydrogens (primary N) is 1. The van der Waals surface area contributed by atoms with Crippen LogP contribution in [0.2, 0.25) is 0 Å². The summed E-state index contributed by atoms with van der Waals surface area (Å²) >= 11 is 0. The largest absolute Gasteiger partial charge is 0.383 e. The number of pyridine rings is 1. The molecule has 0 aliphatic carbocycles. The van der Waals surface area contributed by atoms with E-state index < -0.39 is 0 Å². The minimum absolute atomic E-state index is 0.0220. The van der Waals surface area contributed by atoms with Gasteiger partial charge in [0.2, 0.25) is 0 Å². The summed E-state index contributed by atoms with van der Waals surface area (Å²) in [6.45, 7) is 3.96. The molecular weight excluding hydrogens is 518 g/mol. The van der Waals surface area contributed by atoms with E-state index in [1.807, 2.05) is 53.6 Å². The van der Waals surface area contributed by atoms with E-state index in [9.17, 15) is 9.59 Å². The molecule has 2 amide bonds. The molecule has 4 aromatic rings.